The van der Waals surface area contributed by atoms with Crippen LogP contribution < -0.4 is 10.5 Å². The largest absolute Gasteiger partial charge is 0.496 e. The van der Waals surface area contributed by atoms with Gasteiger partial charge in [0.05, 0.1) is 7.11 Å². The fraction of sp³-hybridized carbons (Fsp3) is 0.364. The van der Waals surface area contributed by atoms with Crippen LogP contribution in [0.5, 0.6) is 5.75 Å². The number of aliphatic hydroxyl groups excluding tert-OH is 1. The van der Waals surface area contributed by atoms with Crippen LogP contribution in [0.3, 0.4) is 0 Å². The first-order valence-corrected chi connectivity index (χ1v) is 4.78. The molecule has 0 aliphatic heterocycles. The van der Waals surface area contributed by atoms with E-state index in [9.17, 15) is 9.90 Å². The van der Waals surface area contributed by atoms with Crippen LogP contribution in [-0.2, 0) is 4.79 Å². The Labute approximate surface area is 93.5 Å². The van der Waals surface area contributed by atoms with E-state index in [0.29, 0.717) is 11.3 Å². The lowest BCUT2D eigenvalue weighted by Gasteiger charge is -2.18. The number of hydrogen-bond acceptors (Lipinski definition) is 4. The lowest BCUT2D eigenvalue weighted by atomic mass is 10.00. The van der Waals surface area contributed by atoms with Crippen LogP contribution in [0.2, 0.25) is 0 Å². The maximum atomic E-state index is 10.7. The number of methoxy groups -OCH3 is 1. The molecule has 0 spiro atoms. The summed E-state index contributed by atoms with van der Waals surface area (Å²) < 4.78 is 5.04. The maximum Gasteiger partial charge on any atom is 0.323 e. The van der Waals surface area contributed by atoms with Gasteiger partial charge < -0.3 is 20.7 Å². The molecule has 1 rings (SSSR count). The molecule has 5 nitrogen and oxygen atoms in total. The predicted octanol–water partition coefficient (Wildman–Crippen LogP) is 0.449. The summed E-state index contributed by atoms with van der Waals surface area (Å²) in [4.78, 5) is 10.7. The molecule has 0 saturated heterocycles. The number of aliphatic hydroxyl groups is 1. The number of carboxylic acid groups (broad SMARTS) is 1. The van der Waals surface area contributed by atoms with Crippen LogP contribution in [0, 0.1) is 6.92 Å². The van der Waals surface area contributed by atoms with Crippen LogP contribution in [0.4, 0.5) is 0 Å². The minimum Gasteiger partial charge on any atom is -0.496 e. The first-order chi connectivity index (χ1) is 7.47. The second-order valence-electron chi connectivity index (χ2n) is 3.55. The van der Waals surface area contributed by atoms with Crippen molar-refractivity contribution in [2.24, 2.45) is 5.73 Å². The van der Waals surface area contributed by atoms with Gasteiger partial charge in [0.25, 0.3) is 0 Å². The molecule has 16 heavy (non-hydrogen) atoms. The van der Waals surface area contributed by atoms with Crippen molar-refractivity contribution in [3.63, 3.8) is 0 Å². The Balaban J connectivity index is 3.10. The van der Waals surface area contributed by atoms with Gasteiger partial charge in [-0.1, -0.05) is 11.6 Å². The minimum atomic E-state index is -1.37. The summed E-state index contributed by atoms with van der Waals surface area (Å²) in [5.74, 6) is -0.828. The molecule has 0 aliphatic carbocycles. The summed E-state index contributed by atoms with van der Waals surface area (Å²) in [6, 6.07) is 3.77. The zero-order valence-corrected chi connectivity index (χ0v) is 9.18. The number of aliphatic carboxylic acids is 1. The van der Waals surface area contributed by atoms with Crippen LogP contribution in [0.25, 0.3) is 0 Å². The normalized spacial score (nSPS) is 14.2. The summed E-state index contributed by atoms with van der Waals surface area (Å²) >= 11 is 0. The molecular formula is C11H15NO4. The highest BCUT2D eigenvalue weighted by Crippen LogP contribution is 2.27. The molecular weight excluding hydrogens is 210 g/mol. The molecule has 4 N–H and O–H groups in total. The molecule has 0 radical (unpaired) electrons. The van der Waals surface area contributed by atoms with Gasteiger partial charge in [0.1, 0.15) is 17.9 Å². The molecule has 1 aromatic rings. The summed E-state index contributed by atoms with van der Waals surface area (Å²) in [6.07, 6.45) is -1.28. The molecule has 0 heterocycles. The highest BCUT2D eigenvalue weighted by atomic mass is 16.5. The first kappa shape index (κ1) is 12.5. The van der Waals surface area contributed by atoms with Crippen molar-refractivity contribution in [2.45, 2.75) is 19.1 Å². The van der Waals surface area contributed by atoms with Gasteiger partial charge in [-0.3, -0.25) is 4.79 Å². The average molecular weight is 225 g/mol. The Morgan fingerprint density at radius 1 is 1.50 bits per heavy atom. The molecule has 0 aliphatic rings. The Kier molecular flexibility index (Phi) is 3.87. The molecule has 0 fully saturated rings. The highest BCUT2D eigenvalue weighted by Gasteiger charge is 2.26. The minimum absolute atomic E-state index is 0.386. The standard InChI is InChI=1S/C11H15NO4/c1-6-3-4-8(16-2)7(5-6)10(13)9(12)11(14)15/h3-5,9-10,13H,12H2,1-2H3,(H,14,15). The van der Waals surface area contributed by atoms with Crippen LogP contribution in [-0.4, -0.2) is 29.3 Å². The van der Waals surface area contributed by atoms with E-state index in [-0.39, 0.29) is 0 Å². The maximum absolute atomic E-state index is 10.7. The number of aryl methyl sites for hydroxylation is 1. The SMILES string of the molecule is COc1ccc(C)cc1C(O)C(N)C(=O)O. The first-order valence-electron chi connectivity index (χ1n) is 4.78. The number of carboxylic acids is 1. The highest BCUT2D eigenvalue weighted by molar-refractivity contribution is 5.74. The van der Waals surface area contributed by atoms with Gasteiger partial charge >= 0.3 is 5.97 Å². The number of ether oxygens (including phenoxy) is 1. The number of hydrogen-bond donors (Lipinski definition) is 3. The Morgan fingerprint density at radius 2 is 2.12 bits per heavy atom. The molecule has 88 valence electrons. The van der Waals surface area contributed by atoms with Crippen molar-refractivity contribution in [1.29, 1.82) is 0 Å². The van der Waals surface area contributed by atoms with E-state index in [4.69, 9.17) is 15.6 Å². The van der Waals surface area contributed by atoms with Crippen molar-refractivity contribution < 1.29 is 19.7 Å². The lowest BCUT2D eigenvalue weighted by Crippen LogP contribution is -2.36. The third-order valence-corrected chi connectivity index (χ3v) is 2.33. The number of benzene rings is 1. The molecule has 0 amide bonds. The van der Waals surface area contributed by atoms with E-state index >= 15 is 0 Å². The van der Waals surface area contributed by atoms with E-state index < -0.39 is 18.1 Å². The Bertz CT molecular complexity index is 392. The van der Waals surface area contributed by atoms with Crippen LogP contribution in [0.15, 0.2) is 18.2 Å². The van der Waals surface area contributed by atoms with Gasteiger partial charge in [-0.25, -0.2) is 0 Å². The van der Waals surface area contributed by atoms with E-state index in [1.807, 2.05) is 6.92 Å². The summed E-state index contributed by atoms with van der Waals surface area (Å²) in [7, 11) is 1.45. The van der Waals surface area contributed by atoms with Gasteiger partial charge in [-0.2, -0.15) is 0 Å². The van der Waals surface area contributed by atoms with Gasteiger partial charge in [0.2, 0.25) is 0 Å². The number of carbonyl (C=O) groups is 1. The molecule has 2 atom stereocenters. The topological polar surface area (TPSA) is 92.8 Å². The second-order valence-corrected chi connectivity index (χ2v) is 3.55. The molecule has 5 heteroatoms. The van der Waals surface area contributed by atoms with Gasteiger partial charge in [0.15, 0.2) is 0 Å². The van der Waals surface area contributed by atoms with Crippen molar-refractivity contribution in [1.82, 2.24) is 0 Å². The van der Waals surface area contributed by atoms with Gasteiger partial charge in [-0.15, -0.1) is 0 Å². The third-order valence-electron chi connectivity index (χ3n) is 2.33. The fourth-order valence-corrected chi connectivity index (χ4v) is 1.41. The van der Waals surface area contributed by atoms with Crippen LogP contribution >= 0.6 is 0 Å². The molecule has 1 aromatic carbocycles. The second kappa shape index (κ2) is 4.96. The zero-order valence-electron chi connectivity index (χ0n) is 9.18. The quantitative estimate of drug-likeness (QED) is 0.691. The van der Waals surface area contributed by atoms with Gasteiger partial charge in [0, 0.05) is 5.56 Å². The zero-order chi connectivity index (χ0) is 12.3. The van der Waals surface area contributed by atoms with E-state index in [2.05, 4.69) is 0 Å². The average Bonchev–Trinajstić information content (AvgIpc) is 2.26. The van der Waals surface area contributed by atoms with Crippen molar-refractivity contribution in [2.75, 3.05) is 7.11 Å². The van der Waals surface area contributed by atoms with Crippen molar-refractivity contribution in [3.8, 4) is 5.75 Å². The number of rotatable bonds is 4. The lowest BCUT2D eigenvalue weighted by molar-refractivity contribution is -0.141. The monoisotopic (exact) mass is 225 g/mol. The fourth-order valence-electron chi connectivity index (χ4n) is 1.41. The number of nitrogens with two attached hydrogens (primary N) is 1. The summed E-state index contributed by atoms with van der Waals surface area (Å²) in [5, 5.41) is 18.5. The van der Waals surface area contributed by atoms with Gasteiger partial charge in [-0.05, 0) is 19.1 Å². The van der Waals surface area contributed by atoms with Crippen molar-refractivity contribution in [3.05, 3.63) is 29.3 Å². The molecule has 0 saturated carbocycles. The third kappa shape index (κ3) is 2.50. The van der Waals surface area contributed by atoms with E-state index in [0.717, 1.165) is 5.56 Å². The smallest absolute Gasteiger partial charge is 0.323 e. The van der Waals surface area contributed by atoms with E-state index in [1.165, 1.54) is 7.11 Å². The Hall–Kier alpha value is -1.59. The molecule has 0 bridgehead atoms. The summed E-state index contributed by atoms with van der Waals surface area (Å²) in [5.41, 5.74) is 6.64. The Morgan fingerprint density at radius 3 is 2.62 bits per heavy atom. The molecule has 0 aromatic heterocycles. The summed E-state index contributed by atoms with van der Waals surface area (Å²) in [6.45, 7) is 1.84. The predicted molar refractivity (Wildman–Crippen MR) is 58.3 cm³/mol. The molecule has 2 unspecified atom stereocenters. The van der Waals surface area contributed by atoms with E-state index in [1.54, 1.807) is 18.2 Å². The van der Waals surface area contributed by atoms with Crippen molar-refractivity contribution >= 4 is 5.97 Å². The van der Waals surface area contributed by atoms with Crippen LogP contribution in [0.1, 0.15) is 17.2 Å².